The van der Waals surface area contributed by atoms with Gasteiger partial charge in [0.05, 0.1) is 19.1 Å². The maximum atomic E-state index is 11.8. The molecule has 1 fully saturated rings. The molecule has 4 rings (SSSR count). The fraction of sp³-hybridized carbons (Fsp3) is 0.300. The second-order valence-corrected chi connectivity index (χ2v) is 8.61. The molecule has 0 atom stereocenters. The Morgan fingerprint density at radius 3 is 2.59 bits per heavy atom. The van der Waals surface area contributed by atoms with Crippen molar-refractivity contribution in [2.45, 2.75) is 0 Å². The minimum absolute atomic E-state index is 0.282. The van der Waals surface area contributed by atoms with Gasteiger partial charge in [0.25, 0.3) is 5.89 Å². The van der Waals surface area contributed by atoms with Crippen LogP contribution >= 0.6 is 0 Å². The molecule has 9 heteroatoms. The van der Waals surface area contributed by atoms with E-state index in [9.17, 15) is 8.42 Å². The number of methoxy groups -OCH3 is 1. The van der Waals surface area contributed by atoms with E-state index in [0.717, 1.165) is 11.3 Å². The number of benzene rings is 1. The lowest BCUT2D eigenvalue weighted by atomic mass is 10.2. The van der Waals surface area contributed by atoms with Gasteiger partial charge in [-0.2, -0.15) is 9.29 Å². The molecule has 2 aromatic heterocycles. The summed E-state index contributed by atoms with van der Waals surface area (Å²) in [5.74, 6) is 6.79. The molecule has 0 bridgehead atoms. The summed E-state index contributed by atoms with van der Waals surface area (Å²) >= 11 is 0. The van der Waals surface area contributed by atoms with Crippen LogP contribution in [0.4, 0.5) is 5.69 Å². The van der Waals surface area contributed by atoms with E-state index >= 15 is 0 Å². The van der Waals surface area contributed by atoms with Gasteiger partial charge < -0.3 is 14.1 Å². The van der Waals surface area contributed by atoms with Crippen molar-refractivity contribution < 1.29 is 17.6 Å². The van der Waals surface area contributed by atoms with Crippen molar-refractivity contribution in [2.75, 3.05) is 44.4 Å². The minimum Gasteiger partial charge on any atom is -0.494 e. The first-order valence-electron chi connectivity index (χ1n) is 9.05. The SMILES string of the molecule is COc1ccc(N2CCN(S(C)(=O)=O)CC2)c2oc(C#Cc3cccnc3)nc12. The summed E-state index contributed by atoms with van der Waals surface area (Å²) < 4.78 is 36.4. The van der Waals surface area contributed by atoms with Gasteiger partial charge in [-0.05, 0) is 30.2 Å². The number of ether oxygens (including phenoxy) is 1. The molecule has 150 valence electrons. The van der Waals surface area contributed by atoms with Crippen molar-refractivity contribution in [2.24, 2.45) is 0 Å². The molecule has 0 unspecified atom stereocenters. The standard InChI is InChI=1S/C20H20N4O4S/c1-27-17-7-6-16(23-10-12-24(13-11-23)29(2,25)26)20-19(17)22-18(28-20)8-5-15-4-3-9-21-14-15/h3-4,6-7,9,14H,10-13H2,1-2H3. The number of sulfonamides is 1. The number of aromatic nitrogens is 2. The molecule has 1 aliphatic heterocycles. The van der Waals surface area contributed by atoms with Crippen LogP contribution in [-0.2, 0) is 10.0 Å². The van der Waals surface area contributed by atoms with Crippen LogP contribution in [0.25, 0.3) is 11.1 Å². The number of hydrogen-bond acceptors (Lipinski definition) is 7. The Morgan fingerprint density at radius 2 is 1.93 bits per heavy atom. The summed E-state index contributed by atoms with van der Waals surface area (Å²) in [4.78, 5) is 10.6. The normalized spacial score (nSPS) is 15.2. The van der Waals surface area contributed by atoms with Crippen LogP contribution in [0.5, 0.6) is 5.75 Å². The molecule has 0 amide bonds. The maximum Gasteiger partial charge on any atom is 0.274 e. The predicted octanol–water partition coefficient (Wildman–Crippen LogP) is 1.71. The average Bonchev–Trinajstić information content (AvgIpc) is 3.16. The summed E-state index contributed by atoms with van der Waals surface area (Å²) in [6.45, 7) is 1.97. The lowest BCUT2D eigenvalue weighted by Crippen LogP contribution is -2.48. The Hall–Kier alpha value is -3.09. The quantitative estimate of drug-likeness (QED) is 0.605. The third kappa shape index (κ3) is 4.04. The van der Waals surface area contributed by atoms with Crippen LogP contribution in [0, 0.1) is 11.8 Å². The summed E-state index contributed by atoms with van der Waals surface area (Å²) in [5, 5.41) is 0. The van der Waals surface area contributed by atoms with Crippen molar-refractivity contribution >= 4 is 26.8 Å². The van der Waals surface area contributed by atoms with E-state index in [1.165, 1.54) is 10.6 Å². The molecule has 3 heterocycles. The monoisotopic (exact) mass is 412 g/mol. The van der Waals surface area contributed by atoms with E-state index in [0.29, 0.717) is 43.0 Å². The second-order valence-electron chi connectivity index (χ2n) is 6.62. The van der Waals surface area contributed by atoms with Gasteiger partial charge in [0.2, 0.25) is 10.0 Å². The van der Waals surface area contributed by atoms with Crippen LogP contribution in [0.15, 0.2) is 41.1 Å². The van der Waals surface area contributed by atoms with E-state index in [-0.39, 0.29) is 5.89 Å². The Bertz CT molecular complexity index is 1190. The van der Waals surface area contributed by atoms with E-state index in [1.54, 1.807) is 19.5 Å². The molecular formula is C20H20N4O4S. The lowest BCUT2D eigenvalue weighted by Gasteiger charge is -2.34. The van der Waals surface area contributed by atoms with Crippen molar-refractivity contribution in [3.8, 4) is 17.6 Å². The largest absolute Gasteiger partial charge is 0.494 e. The van der Waals surface area contributed by atoms with Gasteiger partial charge in [-0.3, -0.25) is 4.98 Å². The molecule has 0 N–H and O–H groups in total. The highest BCUT2D eigenvalue weighted by Gasteiger charge is 2.26. The van der Waals surface area contributed by atoms with Gasteiger partial charge in [0.1, 0.15) is 5.75 Å². The molecule has 0 spiro atoms. The van der Waals surface area contributed by atoms with Crippen molar-refractivity contribution in [1.82, 2.24) is 14.3 Å². The first-order valence-corrected chi connectivity index (χ1v) is 10.9. The van der Waals surface area contributed by atoms with Crippen molar-refractivity contribution in [3.05, 3.63) is 48.1 Å². The zero-order valence-electron chi connectivity index (χ0n) is 16.1. The zero-order valence-corrected chi connectivity index (χ0v) is 16.9. The van der Waals surface area contributed by atoms with Gasteiger partial charge >= 0.3 is 0 Å². The Morgan fingerprint density at radius 1 is 1.14 bits per heavy atom. The van der Waals surface area contributed by atoms with Crippen LogP contribution < -0.4 is 9.64 Å². The van der Waals surface area contributed by atoms with Gasteiger partial charge in [0, 0.05) is 44.1 Å². The van der Waals surface area contributed by atoms with E-state index in [1.807, 2.05) is 24.3 Å². The smallest absolute Gasteiger partial charge is 0.274 e. The molecule has 1 saturated heterocycles. The van der Waals surface area contributed by atoms with E-state index < -0.39 is 10.0 Å². The number of hydrogen-bond donors (Lipinski definition) is 0. The summed E-state index contributed by atoms with van der Waals surface area (Å²) in [5.41, 5.74) is 2.77. The van der Waals surface area contributed by atoms with Gasteiger partial charge in [-0.25, -0.2) is 8.42 Å². The molecule has 1 aromatic carbocycles. The molecule has 0 aliphatic carbocycles. The Labute approximate surface area is 169 Å². The fourth-order valence-electron chi connectivity index (χ4n) is 3.26. The Balaban J connectivity index is 1.67. The zero-order chi connectivity index (χ0) is 20.4. The third-order valence-corrected chi connectivity index (χ3v) is 6.03. The second kappa shape index (κ2) is 7.73. The number of piperazine rings is 1. The van der Waals surface area contributed by atoms with Crippen LogP contribution in [0.2, 0.25) is 0 Å². The highest BCUT2D eigenvalue weighted by Crippen LogP contribution is 2.34. The number of nitrogens with zero attached hydrogens (tertiary/aromatic N) is 4. The number of oxazole rings is 1. The molecule has 0 radical (unpaired) electrons. The number of pyridine rings is 1. The maximum absolute atomic E-state index is 11.8. The summed E-state index contributed by atoms with van der Waals surface area (Å²) in [6, 6.07) is 7.41. The van der Waals surface area contributed by atoms with Gasteiger partial charge in [-0.15, -0.1) is 0 Å². The third-order valence-electron chi connectivity index (χ3n) is 4.73. The highest BCUT2D eigenvalue weighted by molar-refractivity contribution is 7.88. The molecular weight excluding hydrogens is 392 g/mol. The first-order chi connectivity index (χ1) is 14.0. The Kier molecular flexibility index (Phi) is 5.13. The summed E-state index contributed by atoms with van der Waals surface area (Å²) in [6.07, 6.45) is 4.59. The van der Waals surface area contributed by atoms with E-state index in [4.69, 9.17) is 9.15 Å². The average molecular weight is 412 g/mol. The summed E-state index contributed by atoms with van der Waals surface area (Å²) in [7, 11) is -1.61. The number of rotatable bonds is 3. The van der Waals surface area contributed by atoms with Crippen LogP contribution in [0.1, 0.15) is 11.5 Å². The van der Waals surface area contributed by atoms with Gasteiger partial charge in [0.15, 0.2) is 11.1 Å². The lowest BCUT2D eigenvalue weighted by molar-refractivity contribution is 0.387. The molecule has 0 saturated carbocycles. The minimum atomic E-state index is -3.19. The molecule has 3 aromatic rings. The van der Waals surface area contributed by atoms with Crippen LogP contribution in [0.3, 0.4) is 0 Å². The molecule has 29 heavy (non-hydrogen) atoms. The molecule has 1 aliphatic rings. The van der Waals surface area contributed by atoms with E-state index in [2.05, 4.69) is 26.7 Å². The van der Waals surface area contributed by atoms with Gasteiger partial charge in [-0.1, -0.05) is 5.92 Å². The topological polar surface area (TPSA) is 88.8 Å². The fourth-order valence-corrected chi connectivity index (χ4v) is 4.09. The van der Waals surface area contributed by atoms with Crippen molar-refractivity contribution in [1.29, 1.82) is 0 Å². The highest BCUT2D eigenvalue weighted by atomic mass is 32.2. The van der Waals surface area contributed by atoms with Crippen LogP contribution in [-0.4, -0.2) is 62.2 Å². The predicted molar refractivity (Wildman–Crippen MR) is 109 cm³/mol. The molecule has 8 nitrogen and oxygen atoms in total. The number of fused-ring (bicyclic) bond motifs is 1. The first kappa shape index (κ1) is 19.2. The number of anilines is 1. The van der Waals surface area contributed by atoms with Crippen molar-refractivity contribution in [3.63, 3.8) is 0 Å².